The van der Waals surface area contributed by atoms with Crippen molar-refractivity contribution in [3.8, 4) is 22.6 Å². The second kappa shape index (κ2) is 8.28. The Balaban J connectivity index is 1.53. The van der Waals surface area contributed by atoms with Gasteiger partial charge in [0.15, 0.2) is 11.1 Å². The van der Waals surface area contributed by atoms with E-state index < -0.39 is 0 Å². The summed E-state index contributed by atoms with van der Waals surface area (Å²) in [5, 5.41) is 9.31. The van der Waals surface area contributed by atoms with Gasteiger partial charge in [0.25, 0.3) is 0 Å². The Labute approximate surface area is 162 Å². The molecule has 3 aromatic rings. The van der Waals surface area contributed by atoms with Crippen LogP contribution in [0, 0.1) is 0 Å². The van der Waals surface area contributed by atoms with E-state index in [0.29, 0.717) is 6.61 Å². The second-order valence-corrected chi connectivity index (χ2v) is 7.07. The minimum absolute atomic E-state index is 0.614. The average molecular weight is 379 g/mol. The van der Waals surface area contributed by atoms with E-state index >= 15 is 0 Å². The number of benzene rings is 1. The maximum atomic E-state index is 5.17. The van der Waals surface area contributed by atoms with Crippen molar-refractivity contribution in [3.63, 3.8) is 0 Å². The fraction of sp³-hybridized carbons (Fsp3) is 0.250. The summed E-state index contributed by atoms with van der Waals surface area (Å²) in [5.41, 5.74) is 4.86. The third kappa shape index (κ3) is 4.32. The number of nitrogens with zero attached hydrogens (tertiary/aromatic N) is 3. The lowest BCUT2D eigenvalue weighted by molar-refractivity contribution is 0.185. The predicted octanol–water partition coefficient (Wildman–Crippen LogP) is 3.78. The number of hydrogen-bond donors (Lipinski definition) is 2. The van der Waals surface area contributed by atoms with Gasteiger partial charge in [0.05, 0.1) is 18.0 Å². The molecule has 0 atom stereocenters. The Hall–Kier alpha value is -2.77. The number of pyridine rings is 1. The molecule has 138 valence electrons. The third-order valence-corrected chi connectivity index (χ3v) is 4.96. The first-order valence-corrected chi connectivity index (χ1v) is 9.76. The SMILES string of the molecule is COCc1ccc(-c2cccc(-c3csc(NC4=NCCCN4)n3)n2)cc1. The number of aromatic nitrogens is 2. The molecular weight excluding hydrogens is 358 g/mol. The smallest absolute Gasteiger partial charge is 0.197 e. The molecule has 2 aromatic heterocycles. The molecule has 0 spiro atoms. The van der Waals surface area contributed by atoms with Crippen molar-refractivity contribution in [3.05, 3.63) is 53.4 Å². The number of anilines is 1. The van der Waals surface area contributed by atoms with Gasteiger partial charge in [-0.05, 0) is 24.1 Å². The van der Waals surface area contributed by atoms with Gasteiger partial charge in [0, 0.05) is 31.1 Å². The molecule has 7 heteroatoms. The van der Waals surface area contributed by atoms with E-state index in [1.165, 1.54) is 0 Å². The van der Waals surface area contributed by atoms with Gasteiger partial charge in [-0.15, -0.1) is 11.3 Å². The highest BCUT2D eigenvalue weighted by Gasteiger charge is 2.10. The summed E-state index contributed by atoms with van der Waals surface area (Å²) in [6.45, 7) is 2.40. The van der Waals surface area contributed by atoms with E-state index in [9.17, 15) is 0 Å². The van der Waals surface area contributed by atoms with Crippen LogP contribution >= 0.6 is 11.3 Å². The molecule has 6 nitrogen and oxygen atoms in total. The molecule has 1 aliphatic heterocycles. The first-order valence-electron chi connectivity index (χ1n) is 8.88. The van der Waals surface area contributed by atoms with Crippen LogP contribution in [0.1, 0.15) is 12.0 Å². The minimum atomic E-state index is 0.614. The lowest BCUT2D eigenvalue weighted by atomic mass is 10.1. The van der Waals surface area contributed by atoms with Crippen molar-refractivity contribution in [2.24, 2.45) is 4.99 Å². The van der Waals surface area contributed by atoms with Gasteiger partial charge in [0.1, 0.15) is 5.69 Å². The zero-order chi connectivity index (χ0) is 18.5. The zero-order valence-corrected chi connectivity index (χ0v) is 15.9. The Kier molecular flexibility index (Phi) is 5.41. The van der Waals surface area contributed by atoms with E-state index in [2.05, 4.69) is 44.9 Å². The molecule has 0 aliphatic carbocycles. The second-order valence-electron chi connectivity index (χ2n) is 6.21. The molecule has 0 radical (unpaired) electrons. The molecule has 0 amide bonds. The number of methoxy groups -OCH3 is 1. The van der Waals surface area contributed by atoms with Crippen LogP contribution in [0.4, 0.5) is 5.13 Å². The Morgan fingerprint density at radius 1 is 1.07 bits per heavy atom. The van der Waals surface area contributed by atoms with Crippen molar-refractivity contribution < 1.29 is 4.74 Å². The quantitative estimate of drug-likeness (QED) is 0.706. The first-order chi connectivity index (χ1) is 13.3. The van der Waals surface area contributed by atoms with Gasteiger partial charge in [0.2, 0.25) is 0 Å². The third-order valence-electron chi connectivity index (χ3n) is 4.20. The zero-order valence-electron chi connectivity index (χ0n) is 15.1. The molecule has 3 heterocycles. The van der Waals surface area contributed by atoms with Gasteiger partial charge in [-0.2, -0.15) is 0 Å². The molecule has 0 unspecified atom stereocenters. The van der Waals surface area contributed by atoms with Crippen LogP contribution in [0.3, 0.4) is 0 Å². The normalized spacial score (nSPS) is 13.7. The standard InChI is InChI=1S/C20H21N5OS/c1-26-12-14-6-8-15(9-7-14)16-4-2-5-17(23-16)18-13-27-20(24-18)25-19-21-10-3-11-22-19/h2,4-9,13H,3,10-12H2,1H3,(H2,21,22,24,25). The van der Waals surface area contributed by atoms with E-state index in [4.69, 9.17) is 9.72 Å². The summed E-state index contributed by atoms with van der Waals surface area (Å²) in [7, 11) is 1.70. The van der Waals surface area contributed by atoms with E-state index in [1.807, 2.05) is 23.6 Å². The van der Waals surface area contributed by atoms with Gasteiger partial charge >= 0.3 is 0 Å². The molecule has 27 heavy (non-hydrogen) atoms. The molecule has 0 bridgehead atoms. The van der Waals surface area contributed by atoms with Gasteiger partial charge in [-0.25, -0.2) is 9.97 Å². The topological polar surface area (TPSA) is 71.4 Å². The summed E-state index contributed by atoms with van der Waals surface area (Å²) >= 11 is 1.55. The van der Waals surface area contributed by atoms with Crippen LogP contribution in [-0.2, 0) is 11.3 Å². The number of nitrogens with one attached hydrogen (secondary N) is 2. The van der Waals surface area contributed by atoms with Crippen LogP contribution in [0.25, 0.3) is 22.6 Å². The highest BCUT2D eigenvalue weighted by atomic mass is 32.1. The largest absolute Gasteiger partial charge is 0.380 e. The van der Waals surface area contributed by atoms with Crippen LogP contribution in [0.5, 0.6) is 0 Å². The number of thiazole rings is 1. The van der Waals surface area contributed by atoms with Crippen molar-refractivity contribution in [2.45, 2.75) is 13.0 Å². The molecule has 0 saturated heterocycles. The van der Waals surface area contributed by atoms with E-state index in [-0.39, 0.29) is 0 Å². The summed E-state index contributed by atoms with van der Waals surface area (Å²) in [4.78, 5) is 13.9. The summed E-state index contributed by atoms with van der Waals surface area (Å²) in [6, 6.07) is 14.3. The monoisotopic (exact) mass is 379 g/mol. The number of ether oxygens (including phenoxy) is 1. The van der Waals surface area contributed by atoms with Crippen molar-refractivity contribution in [1.82, 2.24) is 15.3 Å². The van der Waals surface area contributed by atoms with Crippen molar-refractivity contribution in [1.29, 1.82) is 0 Å². The molecular formula is C20H21N5OS. The van der Waals surface area contributed by atoms with E-state index in [0.717, 1.165) is 58.8 Å². The first kappa shape index (κ1) is 17.6. The van der Waals surface area contributed by atoms with Crippen molar-refractivity contribution in [2.75, 3.05) is 25.5 Å². The number of hydrogen-bond acceptors (Lipinski definition) is 7. The Morgan fingerprint density at radius 3 is 2.70 bits per heavy atom. The highest BCUT2D eigenvalue weighted by molar-refractivity contribution is 7.14. The number of rotatable bonds is 5. The minimum Gasteiger partial charge on any atom is -0.380 e. The fourth-order valence-electron chi connectivity index (χ4n) is 2.84. The summed E-state index contributed by atoms with van der Waals surface area (Å²) in [6.07, 6.45) is 1.07. The van der Waals surface area contributed by atoms with Crippen molar-refractivity contribution >= 4 is 22.4 Å². The fourth-order valence-corrected chi connectivity index (χ4v) is 3.55. The van der Waals surface area contributed by atoms with Crippen LogP contribution in [0.2, 0.25) is 0 Å². The number of guanidine groups is 1. The van der Waals surface area contributed by atoms with Crippen LogP contribution < -0.4 is 10.6 Å². The maximum absolute atomic E-state index is 5.17. The van der Waals surface area contributed by atoms with Crippen LogP contribution in [-0.4, -0.2) is 36.1 Å². The van der Waals surface area contributed by atoms with Crippen LogP contribution in [0.15, 0.2) is 52.8 Å². The highest BCUT2D eigenvalue weighted by Crippen LogP contribution is 2.26. The molecule has 1 aliphatic rings. The lowest BCUT2D eigenvalue weighted by Crippen LogP contribution is -2.35. The summed E-state index contributed by atoms with van der Waals surface area (Å²) < 4.78 is 5.17. The molecule has 2 N–H and O–H groups in total. The van der Waals surface area contributed by atoms with Gasteiger partial charge in [-0.1, -0.05) is 30.3 Å². The number of aliphatic imine (C=N–C) groups is 1. The van der Waals surface area contributed by atoms with Gasteiger partial charge in [-0.3, -0.25) is 4.99 Å². The summed E-state index contributed by atoms with van der Waals surface area (Å²) in [5.74, 6) is 0.792. The molecule has 4 rings (SSSR count). The molecule has 0 saturated carbocycles. The maximum Gasteiger partial charge on any atom is 0.197 e. The molecule has 0 fully saturated rings. The Morgan fingerprint density at radius 2 is 1.93 bits per heavy atom. The molecule has 1 aromatic carbocycles. The van der Waals surface area contributed by atoms with Gasteiger partial charge < -0.3 is 15.4 Å². The van der Waals surface area contributed by atoms with E-state index in [1.54, 1.807) is 18.4 Å². The average Bonchev–Trinajstić information content (AvgIpc) is 3.18. The lowest BCUT2D eigenvalue weighted by Gasteiger charge is -2.14. The Bertz CT molecular complexity index is 936. The predicted molar refractivity (Wildman–Crippen MR) is 110 cm³/mol.